The predicted molar refractivity (Wildman–Crippen MR) is 168 cm³/mol. The van der Waals surface area contributed by atoms with Crippen LogP contribution in [0.25, 0.3) is 21.8 Å². The third-order valence-electron chi connectivity index (χ3n) is 7.16. The zero-order valence-electron chi connectivity index (χ0n) is 23.9. The Kier molecular flexibility index (Phi) is 8.17. The summed E-state index contributed by atoms with van der Waals surface area (Å²) in [7, 11) is 1.24. The van der Waals surface area contributed by atoms with Gasteiger partial charge in [-0.3, -0.25) is 0 Å². The molecule has 0 saturated heterocycles. The topological polar surface area (TPSA) is 90.8 Å². The number of nitrogens with zero attached hydrogens (tertiary/aromatic N) is 2. The van der Waals surface area contributed by atoms with Crippen molar-refractivity contribution in [1.29, 1.82) is 0 Å². The van der Waals surface area contributed by atoms with Gasteiger partial charge < -0.3 is 19.3 Å². The van der Waals surface area contributed by atoms with Crippen molar-refractivity contribution in [2.75, 3.05) is 7.11 Å². The molecule has 44 heavy (non-hydrogen) atoms. The van der Waals surface area contributed by atoms with Crippen LogP contribution in [0.15, 0.2) is 121 Å². The summed E-state index contributed by atoms with van der Waals surface area (Å²) in [4.78, 5) is 21.2. The lowest BCUT2D eigenvalue weighted by Crippen LogP contribution is -2.25. The third kappa shape index (κ3) is 6.36. The van der Waals surface area contributed by atoms with Crippen LogP contribution in [-0.2, 0) is 28.3 Å². The van der Waals surface area contributed by atoms with Gasteiger partial charge in [-0.25, -0.2) is 14.8 Å². The van der Waals surface area contributed by atoms with Crippen LogP contribution in [0.1, 0.15) is 22.5 Å². The summed E-state index contributed by atoms with van der Waals surface area (Å²) in [6.07, 6.45) is 0. The number of rotatable bonds is 8. The molecule has 4 aromatic carbocycles. The molecule has 7 heteroatoms. The van der Waals surface area contributed by atoms with Crippen molar-refractivity contribution in [2.45, 2.75) is 18.8 Å². The van der Waals surface area contributed by atoms with E-state index >= 15 is 0 Å². The summed E-state index contributed by atoms with van der Waals surface area (Å²) >= 11 is 0. The lowest BCUT2D eigenvalue weighted by Gasteiger charge is -2.24. The van der Waals surface area contributed by atoms with E-state index in [1.165, 1.54) is 7.11 Å². The first-order valence-electron chi connectivity index (χ1n) is 14.0. The summed E-state index contributed by atoms with van der Waals surface area (Å²) in [6.45, 7) is 0.569. The normalized spacial score (nSPS) is 11.0. The van der Waals surface area contributed by atoms with Crippen LogP contribution in [0.4, 0.5) is 0 Å². The molecule has 0 amide bonds. The number of methoxy groups -OCH3 is 1. The first-order chi connectivity index (χ1) is 21.5. The van der Waals surface area contributed by atoms with Crippen LogP contribution in [0.2, 0.25) is 0 Å². The molecule has 2 heterocycles. The number of pyridine rings is 2. The number of hydrogen-bond acceptors (Lipinski definition) is 7. The SMILES string of the molecule is COC(=O)C#CC(O)(c1ccc(OCc2ccc3ccccc3n2)cc1)c1ccc(OCc2ccc3ccccc3n2)cc1. The van der Waals surface area contributed by atoms with Crippen molar-refractivity contribution in [1.82, 2.24) is 9.97 Å². The first-order valence-corrected chi connectivity index (χ1v) is 14.0. The average molecular weight is 581 g/mol. The molecule has 2 aromatic heterocycles. The fourth-order valence-electron chi connectivity index (χ4n) is 4.78. The first kappa shape index (κ1) is 28.4. The molecule has 0 aliphatic heterocycles. The molecule has 0 fully saturated rings. The van der Waals surface area contributed by atoms with E-state index < -0.39 is 11.6 Å². The van der Waals surface area contributed by atoms with Gasteiger partial charge >= 0.3 is 5.97 Å². The Hall–Kier alpha value is -5.71. The van der Waals surface area contributed by atoms with Gasteiger partial charge in [0, 0.05) is 27.8 Å². The number of para-hydroxylation sites is 2. The van der Waals surface area contributed by atoms with Gasteiger partial charge in [-0.1, -0.05) is 72.8 Å². The monoisotopic (exact) mass is 580 g/mol. The van der Waals surface area contributed by atoms with E-state index in [4.69, 9.17) is 9.47 Å². The fourth-order valence-corrected chi connectivity index (χ4v) is 4.78. The minimum absolute atomic E-state index is 0.285. The molecule has 0 radical (unpaired) electrons. The van der Waals surface area contributed by atoms with Crippen molar-refractivity contribution in [2.24, 2.45) is 0 Å². The van der Waals surface area contributed by atoms with E-state index in [1.54, 1.807) is 48.5 Å². The molecule has 0 aliphatic rings. The number of fused-ring (bicyclic) bond motifs is 2. The Labute approximate surface area is 254 Å². The molecule has 1 N–H and O–H groups in total. The molecule has 0 saturated carbocycles. The van der Waals surface area contributed by atoms with E-state index in [0.717, 1.165) is 33.2 Å². The molecule has 0 bridgehead atoms. The maximum absolute atomic E-state index is 11.9. The number of hydrogen-bond donors (Lipinski definition) is 1. The quantitative estimate of drug-likeness (QED) is 0.127. The summed E-state index contributed by atoms with van der Waals surface area (Å²) in [5.74, 6) is 5.51. The van der Waals surface area contributed by atoms with E-state index in [1.807, 2.05) is 72.8 Å². The van der Waals surface area contributed by atoms with Gasteiger partial charge in [-0.05, 0) is 54.5 Å². The van der Waals surface area contributed by atoms with Gasteiger partial charge in [0.25, 0.3) is 0 Å². The molecule has 0 spiro atoms. The van der Waals surface area contributed by atoms with Crippen molar-refractivity contribution < 1.29 is 24.1 Å². The lowest BCUT2D eigenvalue weighted by molar-refractivity contribution is -0.133. The summed E-state index contributed by atoms with van der Waals surface area (Å²) in [6, 6.07) is 37.5. The molecular formula is C37H28N2O5. The minimum atomic E-state index is -1.80. The number of carbonyl (C=O) groups excluding carboxylic acids is 1. The highest BCUT2D eigenvalue weighted by molar-refractivity contribution is 5.88. The van der Waals surface area contributed by atoms with Gasteiger partial charge in [0.2, 0.25) is 0 Å². The second-order valence-corrected chi connectivity index (χ2v) is 10.1. The van der Waals surface area contributed by atoms with Crippen molar-refractivity contribution >= 4 is 27.8 Å². The maximum atomic E-state index is 11.9. The highest BCUT2D eigenvalue weighted by Gasteiger charge is 2.30. The van der Waals surface area contributed by atoms with Crippen LogP contribution in [0.5, 0.6) is 11.5 Å². The molecule has 0 aliphatic carbocycles. The van der Waals surface area contributed by atoms with Crippen LogP contribution < -0.4 is 9.47 Å². The lowest BCUT2D eigenvalue weighted by atomic mass is 9.86. The Bertz CT molecular complexity index is 1870. The van der Waals surface area contributed by atoms with Crippen molar-refractivity contribution in [3.63, 3.8) is 0 Å². The maximum Gasteiger partial charge on any atom is 0.384 e. The van der Waals surface area contributed by atoms with Gasteiger partial charge in [-0.2, -0.15) is 0 Å². The fraction of sp³-hybridized carbons (Fsp3) is 0.108. The Morgan fingerprint density at radius 1 is 0.659 bits per heavy atom. The zero-order chi connectivity index (χ0) is 30.4. The molecule has 0 unspecified atom stereocenters. The molecule has 7 nitrogen and oxygen atoms in total. The van der Waals surface area contributed by atoms with Crippen LogP contribution in [0.3, 0.4) is 0 Å². The highest BCUT2D eigenvalue weighted by atomic mass is 16.5. The van der Waals surface area contributed by atoms with Gasteiger partial charge in [0.05, 0.1) is 29.5 Å². The Morgan fingerprint density at radius 3 is 1.57 bits per heavy atom. The second-order valence-electron chi connectivity index (χ2n) is 10.1. The van der Waals surface area contributed by atoms with E-state index in [-0.39, 0.29) is 13.2 Å². The van der Waals surface area contributed by atoms with Gasteiger partial charge in [0.1, 0.15) is 24.7 Å². The van der Waals surface area contributed by atoms with Gasteiger partial charge in [0.15, 0.2) is 5.60 Å². The molecular weight excluding hydrogens is 552 g/mol. The zero-order valence-corrected chi connectivity index (χ0v) is 23.9. The third-order valence-corrected chi connectivity index (χ3v) is 7.16. The summed E-state index contributed by atoms with van der Waals surface area (Å²) in [5, 5.41) is 13.9. The number of aliphatic hydroxyl groups is 1. The second kappa shape index (κ2) is 12.7. The largest absolute Gasteiger partial charge is 0.487 e. The van der Waals surface area contributed by atoms with Crippen LogP contribution >= 0.6 is 0 Å². The number of aromatic nitrogens is 2. The van der Waals surface area contributed by atoms with Crippen LogP contribution in [-0.4, -0.2) is 28.2 Å². The highest BCUT2D eigenvalue weighted by Crippen LogP contribution is 2.32. The standard InChI is InChI=1S/C37H28N2O5/c1-42-36(40)22-23-37(41,28-12-18-32(19-13-28)43-24-30-16-10-26-6-2-4-8-34(26)38-30)29-14-20-33(21-15-29)44-25-31-17-11-27-7-3-5-9-35(27)39-31/h2-21,41H,24-25H2,1H3. The van der Waals surface area contributed by atoms with Crippen LogP contribution in [0, 0.1) is 11.8 Å². The number of benzene rings is 4. The molecule has 216 valence electrons. The smallest absolute Gasteiger partial charge is 0.384 e. The molecule has 6 rings (SSSR count). The van der Waals surface area contributed by atoms with E-state index in [9.17, 15) is 9.90 Å². The van der Waals surface area contributed by atoms with Gasteiger partial charge in [-0.15, -0.1) is 0 Å². The number of esters is 1. The summed E-state index contributed by atoms with van der Waals surface area (Å²) in [5.41, 5.74) is 2.52. The predicted octanol–water partition coefficient (Wildman–Crippen LogP) is 6.35. The molecule has 6 aromatic rings. The van der Waals surface area contributed by atoms with Crippen molar-refractivity contribution in [3.8, 4) is 23.3 Å². The van der Waals surface area contributed by atoms with E-state index in [0.29, 0.717) is 22.6 Å². The average Bonchev–Trinajstić information content (AvgIpc) is 3.09. The van der Waals surface area contributed by atoms with E-state index in [2.05, 4.69) is 26.5 Å². The Balaban J connectivity index is 1.18. The number of carbonyl (C=O) groups is 1. The molecule has 0 atom stereocenters. The Morgan fingerprint density at radius 2 is 1.11 bits per heavy atom. The minimum Gasteiger partial charge on any atom is -0.487 e. The van der Waals surface area contributed by atoms with Crippen molar-refractivity contribution in [3.05, 3.63) is 144 Å². The summed E-state index contributed by atoms with van der Waals surface area (Å²) < 4.78 is 16.6. The number of ether oxygens (including phenoxy) is 3.